The van der Waals surface area contributed by atoms with Crippen molar-refractivity contribution in [3.8, 4) is 6.07 Å². The van der Waals surface area contributed by atoms with Crippen molar-refractivity contribution >= 4 is 0 Å². The Morgan fingerprint density at radius 1 is 1.50 bits per heavy atom. The highest BCUT2D eigenvalue weighted by atomic mass is 14.9. The Morgan fingerprint density at radius 2 is 2.36 bits per heavy atom. The fraction of sp³-hybridized carbons (Fsp3) is 0.417. The Hall–Kier alpha value is -1.33. The van der Waals surface area contributed by atoms with Crippen LogP contribution in [0.15, 0.2) is 18.2 Å². The molecule has 1 heterocycles. The van der Waals surface area contributed by atoms with Crippen LogP contribution in [0.3, 0.4) is 0 Å². The molecule has 1 aliphatic rings. The number of hydrogen-bond acceptors (Lipinski definition) is 2. The first-order valence-corrected chi connectivity index (χ1v) is 5.05. The second-order valence-electron chi connectivity index (χ2n) is 3.84. The van der Waals surface area contributed by atoms with Crippen LogP contribution in [0.5, 0.6) is 0 Å². The second-order valence-corrected chi connectivity index (χ2v) is 3.84. The van der Waals surface area contributed by atoms with Gasteiger partial charge in [0.15, 0.2) is 0 Å². The zero-order valence-electron chi connectivity index (χ0n) is 8.38. The molecule has 1 fully saturated rings. The lowest BCUT2D eigenvalue weighted by Crippen LogP contribution is -2.12. The molecule has 0 spiro atoms. The van der Waals surface area contributed by atoms with E-state index in [-0.39, 0.29) is 0 Å². The Kier molecular flexibility index (Phi) is 2.51. The largest absolute Gasteiger partial charge is 0.310 e. The molecule has 0 unspecified atom stereocenters. The van der Waals surface area contributed by atoms with Crippen LogP contribution < -0.4 is 5.32 Å². The van der Waals surface area contributed by atoms with Crippen molar-refractivity contribution in [3.05, 3.63) is 34.9 Å². The molecular formula is C12H14N2. The number of aryl methyl sites for hydroxylation is 1. The minimum absolute atomic E-state index is 0.461. The van der Waals surface area contributed by atoms with Gasteiger partial charge in [0.05, 0.1) is 11.6 Å². The maximum absolute atomic E-state index is 8.92. The molecule has 0 aromatic heterocycles. The Morgan fingerprint density at radius 3 is 3.00 bits per heavy atom. The Bertz CT molecular complexity index is 370. The molecule has 2 heteroatoms. The lowest BCUT2D eigenvalue weighted by Gasteiger charge is -2.11. The van der Waals surface area contributed by atoms with Crippen LogP contribution in [0.25, 0.3) is 0 Å². The van der Waals surface area contributed by atoms with E-state index >= 15 is 0 Å². The number of hydrogen-bond donors (Lipinski definition) is 1. The lowest BCUT2D eigenvalue weighted by atomic mass is 10.00. The van der Waals surface area contributed by atoms with E-state index in [9.17, 15) is 0 Å². The predicted molar refractivity (Wildman–Crippen MR) is 55.9 cm³/mol. The maximum atomic E-state index is 8.92. The third-order valence-electron chi connectivity index (χ3n) is 2.84. The van der Waals surface area contributed by atoms with E-state index < -0.39 is 0 Å². The zero-order chi connectivity index (χ0) is 9.97. The van der Waals surface area contributed by atoms with Crippen LogP contribution in [0.1, 0.15) is 35.6 Å². The van der Waals surface area contributed by atoms with E-state index in [1.54, 1.807) is 0 Å². The summed E-state index contributed by atoms with van der Waals surface area (Å²) in [5, 5.41) is 12.3. The Balaban J connectivity index is 2.31. The molecule has 1 atom stereocenters. The molecule has 0 saturated carbocycles. The SMILES string of the molecule is Cc1ccc([C@H]2CCCN2)cc1C#N. The van der Waals surface area contributed by atoms with E-state index in [0.29, 0.717) is 6.04 Å². The quantitative estimate of drug-likeness (QED) is 0.730. The number of nitriles is 1. The van der Waals surface area contributed by atoms with Crippen LogP contribution in [-0.2, 0) is 0 Å². The van der Waals surface area contributed by atoms with Gasteiger partial charge in [0.2, 0.25) is 0 Å². The summed E-state index contributed by atoms with van der Waals surface area (Å²) in [5.41, 5.74) is 3.12. The molecule has 0 bridgehead atoms. The third-order valence-corrected chi connectivity index (χ3v) is 2.84. The summed E-state index contributed by atoms with van der Waals surface area (Å²) in [4.78, 5) is 0. The molecule has 14 heavy (non-hydrogen) atoms. The van der Waals surface area contributed by atoms with E-state index in [4.69, 9.17) is 5.26 Å². The zero-order valence-corrected chi connectivity index (χ0v) is 8.38. The van der Waals surface area contributed by atoms with Crippen molar-refractivity contribution in [1.29, 1.82) is 5.26 Å². The fourth-order valence-corrected chi connectivity index (χ4v) is 1.95. The van der Waals surface area contributed by atoms with Gasteiger partial charge in [-0.2, -0.15) is 5.26 Å². The van der Waals surface area contributed by atoms with Crippen LogP contribution in [0.2, 0.25) is 0 Å². The van der Waals surface area contributed by atoms with Crippen molar-refractivity contribution in [2.24, 2.45) is 0 Å². The first-order valence-electron chi connectivity index (χ1n) is 5.05. The molecule has 1 aromatic carbocycles. The van der Waals surface area contributed by atoms with Gasteiger partial charge >= 0.3 is 0 Å². The van der Waals surface area contributed by atoms with Crippen LogP contribution in [0.4, 0.5) is 0 Å². The molecule has 1 aliphatic heterocycles. The van der Waals surface area contributed by atoms with Crippen LogP contribution in [-0.4, -0.2) is 6.54 Å². The first kappa shape index (κ1) is 9.23. The molecular weight excluding hydrogens is 172 g/mol. The highest BCUT2D eigenvalue weighted by Gasteiger charge is 2.16. The molecule has 1 saturated heterocycles. The predicted octanol–water partition coefficient (Wildman–Crippen LogP) is 2.29. The molecule has 1 N–H and O–H groups in total. The summed E-state index contributed by atoms with van der Waals surface area (Å²) in [6, 6.07) is 8.86. The average Bonchev–Trinajstić information content (AvgIpc) is 2.71. The van der Waals surface area contributed by atoms with E-state index in [2.05, 4.69) is 17.5 Å². The van der Waals surface area contributed by atoms with E-state index in [1.165, 1.54) is 18.4 Å². The van der Waals surface area contributed by atoms with Gasteiger partial charge in [0.1, 0.15) is 0 Å². The molecule has 0 aliphatic carbocycles. The summed E-state index contributed by atoms with van der Waals surface area (Å²) in [6.07, 6.45) is 2.42. The fourth-order valence-electron chi connectivity index (χ4n) is 1.95. The van der Waals surface area contributed by atoms with E-state index in [1.807, 2.05) is 19.1 Å². The lowest BCUT2D eigenvalue weighted by molar-refractivity contribution is 0.647. The van der Waals surface area contributed by atoms with Crippen molar-refractivity contribution in [2.75, 3.05) is 6.54 Å². The molecule has 0 amide bonds. The molecule has 2 rings (SSSR count). The average molecular weight is 186 g/mol. The minimum atomic E-state index is 0.461. The molecule has 0 radical (unpaired) electrons. The highest BCUT2D eigenvalue weighted by Crippen LogP contribution is 2.24. The number of nitrogens with zero attached hydrogens (tertiary/aromatic N) is 1. The maximum Gasteiger partial charge on any atom is 0.0994 e. The first-order chi connectivity index (χ1) is 6.81. The van der Waals surface area contributed by atoms with Gasteiger partial charge < -0.3 is 5.32 Å². The van der Waals surface area contributed by atoms with Gasteiger partial charge in [-0.15, -0.1) is 0 Å². The molecule has 1 aromatic rings. The molecule has 72 valence electrons. The van der Waals surface area contributed by atoms with Crippen LogP contribution >= 0.6 is 0 Å². The van der Waals surface area contributed by atoms with Crippen molar-refractivity contribution < 1.29 is 0 Å². The smallest absolute Gasteiger partial charge is 0.0994 e. The normalized spacial score (nSPS) is 20.7. The number of benzene rings is 1. The van der Waals surface area contributed by atoms with Gasteiger partial charge in [-0.3, -0.25) is 0 Å². The topological polar surface area (TPSA) is 35.8 Å². The number of nitrogens with one attached hydrogen (secondary N) is 1. The monoisotopic (exact) mass is 186 g/mol. The van der Waals surface area contributed by atoms with Gasteiger partial charge in [-0.1, -0.05) is 12.1 Å². The van der Waals surface area contributed by atoms with E-state index in [0.717, 1.165) is 17.7 Å². The van der Waals surface area contributed by atoms with Gasteiger partial charge in [-0.05, 0) is 43.5 Å². The summed E-state index contributed by atoms with van der Waals surface area (Å²) in [7, 11) is 0. The van der Waals surface area contributed by atoms with Gasteiger partial charge in [0.25, 0.3) is 0 Å². The van der Waals surface area contributed by atoms with Crippen molar-refractivity contribution in [2.45, 2.75) is 25.8 Å². The third kappa shape index (κ3) is 1.64. The van der Waals surface area contributed by atoms with Crippen molar-refractivity contribution in [3.63, 3.8) is 0 Å². The Labute approximate surface area is 84.6 Å². The summed E-state index contributed by atoms with van der Waals surface area (Å²) < 4.78 is 0. The van der Waals surface area contributed by atoms with Crippen LogP contribution in [0, 0.1) is 18.3 Å². The minimum Gasteiger partial charge on any atom is -0.310 e. The van der Waals surface area contributed by atoms with Gasteiger partial charge in [0, 0.05) is 6.04 Å². The number of rotatable bonds is 1. The summed E-state index contributed by atoms with van der Waals surface area (Å²) in [5.74, 6) is 0. The standard InChI is InChI=1S/C12H14N2/c1-9-4-5-10(7-11(9)8-13)12-3-2-6-14-12/h4-5,7,12,14H,2-3,6H2,1H3/t12-/m1/s1. The highest BCUT2D eigenvalue weighted by molar-refractivity contribution is 5.40. The molecule has 2 nitrogen and oxygen atoms in total. The summed E-state index contributed by atoms with van der Waals surface area (Å²) >= 11 is 0. The van der Waals surface area contributed by atoms with Crippen molar-refractivity contribution in [1.82, 2.24) is 5.32 Å². The second kappa shape index (κ2) is 3.81. The van der Waals surface area contributed by atoms with Gasteiger partial charge in [-0.25, -0.2) is 0 Å². The summed E-state index contributed by atoms with van der Waals surface area (Å²) in [6.45, 7) is 3.07.